The number of rotatable bonds is 5. The highest BCUT2D eigenvalue weighted by Gasteiger charge is 2.17. The van der Waals surface area contributed by atoms with Gasteiger partial charge in [0.25, 0.3) is 0 Å². The van der Waals surface area contributed by atoms with Crippen LogP contribution in [0.2, 0.25) is 0 Å². The van der Waals surface area contributed by atoms with E-state index in [4.69, 9.17) is 0 Å². The minimum atomic E-state index is 0.705. The molecule has 0 radical (unpaired) electrons. The molecular formula is C16H26N2. The number of aryl methyl sites for hydroxylation is 2. The van der Waals surface area contributed by atoms with Crippen LogP contribution >= 0.6 is 0 Å². The highest BCUT2D eigenvalue weighted by Crippen LogP contribution is 2.13. The summed E-state index contributed by atoms with van der Waals surface area (Å²) in [6.45, 7) is 11.2. The summed E-state index contributed by atoms with van der Waals surface area (Å²) in [6.07, 6.45) is 2.68. The lowest BCUT2D eigenvalue weighted by molar-refractivity contribution is 0.253. The minimum absolute atomic E-state index is 0.705. The monoisotopic (exact) mass is 246 g/mol. The predicted octanol–water partition coefficient (Wildman–Crippen LogP) is 2.88. The van der Waals surface area contributed by atoms with Gasteiger partial charge in [-0.05, 0) is 56.5 Å². The Morgan fingerprint density at radius 3 is 2.72 bits per heavy atom. The van der Waals surface area contributed by atoms with E-state index in [9.17, 15) is 0 Å². The smallest absolute Gasteiger partial charge is 0.0234 e. The van der Waals surface area contributed by atoms with E-state index in [0.29, 0.717) is 6.04 Å². The lowest BCUT2D eigenvalue weighted by Gasteiger charge is -2.24. The van der Waals surface area contributed by atoms with E-state index in [1.54, 1.807) is 0 Å². The molecule has 1 aliphatic rings. The Morgan fingerprint density at radius 1 is 1.28 bits per heavy atom. The highest BCUT2D eigenvalue weighted by molar-refractivity contribution is 5.29. The van der Waals surface area contributed by atoms with Crippen molar-refractivity contribution in [2.75, 3.05) is 19.6 Å². The first-order valence-electron chi connectivity index (χ1n) is 7.21. The maximum absolute atomic E-state index is 3.59. The number of likely N-dealkylation sites (N-methyl/N-ethyl adjacent to an activating group) is 1. The molecule has 1 N–H and O–H groups in total. The van der Waals surface area contributed by atoms with Gasteiger partial charge in [-0.2, -0.15) is 0 Å². The molecule has 1 aliphatic heterocycles. The van der Waals surface area contributed by atoms with Gasteiger partial charge in [-0.15, -0.1) is 0 Å². The zero-order chi connectivity index (χ0) is 13.0. The molecule has 0 bridgehead atoms. The first kappa shape index (κ1) is 13.6. The lowest BCUT2D eigenvalue weighted by atomic mass is 10.1. The van der Waals surface area contributed by atoms with Crippen molar-refractivity contribution in [2.24, 2.45) is 0 Å². The summed E-state index contributed by atoms with van der Waals surface area (Å²) >= 11 is 0. The Hall–Kier alpha value is -0.860. The highest BCUT2D eigenvalue weighted by atomic mass is 15.1. The van der Waals surface area contributed by atoms with Crippen LogP contribution in [0.15, 0.2) is 18.2 Å². The van der Waals surface area contributed by atoms with Crippen molar-refractivity contribution in [2.45, 2.75) is 46.2 Å². The van der Waals surface area contributed by atoms with Crippen LogP contribution in [0.4, 0.5) is 0 Å². The molecule has 0 amide bonds. The van der Waals surface area contributed by atoms with Crippen LogP contribution in [0.5, 0.6) is 0 Å². The van der Waals surface area contributed by atoms with E-state index >= 15 is 0 Å². The second kappa shape index (κ2) is 6.35. The predicted molar refractivity (Wildman–Crippen MR) is 77.9 cm³/mol. The quantitative estimate of drug-likeness (QED) is 0.859. The lowest BCUT2D eigenvalue weighted by Crippen LogP contribution is -2.37. The van der Waals surface area contributed by atoms with Gasteiger partial charge in [-0.25, -0.2) is 0 Å². The fourth-order valence-electron chi connectivity index (χ4n) is 2.69. The van der Waals surface area contributed by atoms with Crippen molar-refractivity contribution in [1.82, 2.24) is 10.2 Å². The maximum atomic E-state index is 3.59. The second-order valence-corrected chi connectivity index (χ2v) is 5.54. The molecular weight excluding hydrogens is 220 g/mol. The van der Waals surface area contributed by atoms with Gasteiger partial charge in [-0.3, -0.25) is 4.90 Å². The van der Waals surface area contributed by atoms with Gasteiger partial charge in [0, 0.05) is 19.1 Å². The van der Waals surface area contributed by atoms with Gasteiger partial charge in [0.1, 0.15) is 0 Å². The number of nitrogens with zero attached hydrogens (tertiary/aromatic N) is 1. The Bertz CT molecular complexity index is 381. The third kappa shape index (κ3) is 3.56. The van der Waals surface area contributed by atoms with Crippen LogP contribution in [0.25, 0.3) is 0 Å². The molecule has 1 atom stereocenters. The van der Waals surface area contributed by atoms with E-state index < -0.39 is 0 Å². The summed E-state index contributed by atoms with van der Waals surface area (Å²) in [6, 6.07) is 7.55. The number of nitrogens with one attached hydrogen (secondary N) is 1. The molecule has 0 spiro atoms. The topological polar surface area (TPSA) is 15.3 Å². The van der Waals surface area contributed by atoms with Crippen molar-refractivity contribution in [3.63, 3.8) is 0 Å². The summed E-state index contributed by atoms with van der Waals surface area (Å²) < 4.78 is 0. The molecule has 1 saturated heterocycles. The van der Waals surface area contributed by atoms with Crippen LogP contribution < -0.4 is 5.32 Å². The number of benzene rings is 1. The zero-order valence-electron chi connectivity index (χ0n) is 12.0. The van der Waals surface area contributed by atoms with Crippen molar-refractivity contribution in [3.05, 3.63) is 34.9 Å². The fourth-order valence-corrected chi connectivity index (χ4v) is 2.69. The van der Waals surface area contributed by atoms with Crippen LogP contribution in [0.1, 0.15) is 36.5 Å². The van der Waals surface area contributed by atoms with Crippen molar-refractivity contribution in [3.8, 4) is 0 Å². The van der Waals surface area contributed by atoms with Crippen LogP contribution in [0, 0.1) is 13.8 Å². The molecule has 1 fully saturated rings. The average Bonchev–Trinajstić information content (AvgIpc) is 2.86. The zero-order valence-corrected chi connectivity index (χ0v) is 12.0. The molecule has 1 heterocycles. The summed E-state index contributed by atoms with van der Waals surface area (Å²) in [4.78, 5) is 2.55. The van der Waals surface area contributed by atoms with Gasteiger partial charge in [0.2, 0.25) is 0 Å². The van der Waals surface area contributed by atoms with Gasteiger partial charge in [-0.1, -0.05) is 25.1 Å². The van der Waals surface area contributed by atoms with Gasteiger partial charge < -0.3 is 5.32 Å². The number of hydrogen-bond acceptors (Lipinski definition) is 2. The average molecular weight is 246 g/mol. The molecule has 1 unspecified atom stereocenters. The Labute approximate surface area is 111 Å². The summed E-state index contributed by atoms with van der Waals surface area (Å²) in [5, 5.41) is 3.59. The third-order valence-electron chi connectivity index (χ3n) is 4.07. The van der Waals surface area contributed by atoms with Gasteiger partial charge in [0.15, 0.2) is 0 Å². The Morgan fingerprint density at radius 2 is 2.11 bits per heavy atom. The van der Waals surface area contributed by atoms with E-state index in [1.807, 2.05) is 0 Å². The Kier molecular flexibility index (Phi) is 4.79. The molecule has 2 heteroatoms. The van der Waals surface area contributed by atoms with Crippen LogP contribution in [-0.4, -0.2) is 30.6 Å². The SMILES string of the molecule is CCN(Cc1ccc(C)c(C)c1)CC1CCCN1. The van der Waals surface area contributed by atoms with Crippen LogP contribution in [0.3, 0.4) is 0 Å². The molecule has 100 valence electrons. The third-order valence-corrected chi connectivity index (χ3v) is 4.07. The van der Waals surface area contributed by atoms with Gasteiger partial charge >= 0.3 is 0 Å². The van der Waals surface area contributed by atoms with Crippen molar-refractivity contribution in [1.29, 1.82) is 0 Å². The first-order chi connectivity index (χ1) is 8.69. The normalized spacial score (nSPS) is 19.7. The summed E-state index contributed by atoms with van der Waals surface area (Å²) in [5.41, 5.74) is 4.24. The molecule has 1 aromatic carbocycles. The standard InChI is InChI=1S/C16H26N2/c1-4-18(12-16-6-5-9-17-16)11-15-8-7-13(2)14(3)10-15/h7-8,10,16-17H,4-6,9,11-12H2,1-3H3. The van der Waals surface area contributed by atoms with E-state index in [1.165, 1.54) is 42.6 Å². The summed E-state index contributed by atoms with van der Waals surface area (Å²) in [5.74, 6) is 0. The first-order valence-corrected chi connectivity index (χ1v) is 7.21. The fraction of sp³-hybridized carbons (Fsp3) is 0.625. The molecule has 18 heavy (non-hydrogen) atoms. The van der Waals surface area contributed by atoms with E-state index in [0.717, 1.165) is 13.1 Å². The molecule has 1 aromatic rings. The molecule has 0 saturated carbocycles. The number of hydrogen-bond donors (Lipinski definition) is 1. The molecule has 2 nitrogen and oxygen atoms in total. The largest absolute Gasteiger partial charge is 0.313 e. The molecule has 0 aliphatic carbocycles. The van der Waals surface area contributed by atoms with Crippen molar-refractivity contribution >= 4 is 0 Å². The molecule has 2 rings (SSSR count). The molecule has 0 aromatic heterocycles. The summed E-state index contributed by atoms with van der Waals surface area (Å²) in [7, 11) is 0. The maximum Gasteiger partial charge on any atom is 0.0234 e. The second-order valence-electron chi connectivity index (χ2n) is 5.54. The van der Waals surface area contributed by atoms with E-state index in [-0.39, 0.29) is 0 Å². The van der Waals surface area contributed by atoms with Crippen LogP contribution in [-0.2, 0) is 6.54 Å². The van der Waals surface area contributed by atoms with Gasteiger partial charge in [0.05, 0.1) is 0 Å². The van der Waals surface area contributed by atoms with E-state index in [2.05, 4.69) is 49.2 Å². The minimum Gasteiger partial charge on any atom is -0.313 e. The van der Waals surface area contributed by atoms with Crippen molar-refractivity contribution < 1.29 is 0 Å². The Balaban J connectivity index is 1.94.